The molecule has 2 aliphatic heterocycles. The summed E-state index contributed by atoms with van der Waals surface area (Å²) in [7, 11) is 1.46. The lowest BCUT2D eigenvalue weighted by Gasteiger charge is -2.22. The van der Waals surface area contributed by atoms with Gasteiger partial charge in [-0.15, -0.1) is 16.4 Å². The number of benzene rings is 2. The second-order valence-corrected chi connectivity index (χ2v) is 14.1. The smallest absolute Gasteiger partial charge is 0.434 e. The minimum atomic E-state index is -3.12. The minimum absolute atomic E-state index is 0.0238. The first kappa shape index (κ1) is 31.5. The molecule has 9 rings (SSSR count). The average Bonchev–Trinajstić information content (AvgIpc) is 3.95. The van der Waals surface area contributed by atoms with Crippen molar-refractivity contribution in [1.82, 2.24) is 25.1 Å². The number of alkyl halides is 2. The van der Waals surface area contributed by atoms with Gasteiger partial charge in [-0.25, -0.2) is 28.0 Å². The Morgan fingerprint density at radius 2 is 1.94 bits per heavy atom. The Morgan fingerprint density at radius 1 is 1.10 bits per heavy atom. The largest absolute Gasteiger partial charge is 0.496 e. The quantitative estimate of drug-likeness (QED) is 0.169. The molecule has 3 aliphatic rings. The van der Waals surface area contributed by atoms with Gasteiger partial charge in [0.2, 0.25) is 0 Å². The van der Waals surface area contributed by atoms with Crippen LogP contribution in [0.4, 0.5) is 19.0 Å². The third-order valence-electron chi connectivity index (χ3n) is 10.1. The molecule has 2 atom stereocenters. The molecule has 14 heteroatoms. The summed E-state index contributed by atoms with van der Waals surface area (Å²) in [4.78, 5) is 38.5. The number of aromatic nitrogens is 4. The Bertz CT molecular complexity index is 2420. The number of nitrogens with zero attached hydrogens (tertiary/aromatic N) is 4. The highest BCUT2D eigenvalue weighted by atomic mass is 32.1. The number of nitrogens with one attached hydrogen (secondary N) is 2. The molecule has 1 saturated heterocycles. The topological polar surface area (TPSA) is 126 Å². The van der Waals surface area contributed by atoms with Gasteiger partial charge in [-0.3, -0.25) is 9.78 Å². The highest BCUT2D eigenvalue weighted by molar-refractivity contribution is 7.23. The lowest BCUT2D eigenvalue weighted by Crippen LogP contribution is -2.28. The average molecular weight is 711 g/mol. The number of amides is 1. The van der Waals surface area contributed by atoms with Gasteiger partial charge in [0.1, 0.15) is 23.4 Å². The van der Waals surface area contributed by atoms with Crippen LogP contribution in [0.25, 0.3) is 32.0 Å². The predicted molar refractivity (Wildman–Crippen MR) is 184 cm³/mol. The van der Waals surface area contributed by atoms with Crippen molar-refractivity contribution in [2.45, 2.75) is 50.1 Å². The summed E-state index contributed by atoms with van der Waals surface area (Å²) in [6.45, 7) is 0.587. The van der Waals surface area contributed by atoms with Crippen LogP contribution in [0.1, 0.15) is 63.4 Å². The Morgan fingerprint density at radius 3 is 2.73 bits per heavy atom. The molecule has 0 radical (unpaired) electrons. The zero-order chi connectivity index (χ0) is 35.0. The molecule has 6 aromatic rings. The number of carbonyl (C=O) groups is 1. The number of anilines is 1. The highest BCUT2D eigenvalue weighted by Gasteiger charge is 2.49. The molecule has 0 spiro atoms. The normalized spacial score (nSPS) is 18.7. The van der Waals surface area contributed by atoms with E-state index < -0.39 is 24.1 Å². The molecule has 1 fully saturated rings. The zero-order valence-electron chi connectivity index (χ0n) is 27.1. The number of methoxy groups -OCH3 is 1. The molecule has 0 bridgehead atoms. The Hall–Kier alpha value is -5.50. The van der Waals surface area contributed by atoms with Gasteiger partial charge in [0.25, 0.3) is 17.7 Å². The summed E-state index contributed by atoms with van der Waals surface area (Å²) in [5, 5.41) is 10.3. The Balaban J connectivity index is 1.21. The summed E-state index contributed by atoms with van der Waals surface area (Å²) in [6.07, 6.45) is 3.54. The molecular weight excluding hydrogens is 682 g/mol. The number of aromatic amines is 1. The Labute approximate surface area is 292 Å². The molecule has 6 heterocycles. The second-order valence-electron chi connectivity index (χ2n) is 13.0. The molecule has 10 nitrogen and oxygen atoms in total. The number of ether oxygens (including phenoxy) is 1. The van der Waals surface area contributed by atoms with Gasteiger partial charge in [0.05, 0.1) is 40.4 Å². The van der Waals surface area contributed by atoms with E-state index >= 15 is 8.78 Å². The van der Waals surface area contributed by atoms with Crippen molar-refractivity contribution in [3.63, 3.8) is 0 Å². The van der Waals surface area contributed by atoms with Crippen molar-refractivity contribution in [2.75, 3.05) is 19.0 Å². The minimum Gasteiger partial charge on any atom is -0.496 e. The van der Waals surface area contributed by atoms with Crippen LogP contribution in [0.5, 0.6) is 5.75 Å². The van der Waals surface area contributed by atoms with Crippen LogP contribution in [-0.2, 0) is 19.3 Å². The van der Waals surface area contributed by atoms with Crippen LogP contribution in [0.3, 0.4) is 0 Å². The number of fused-ring (bicyclic) bond motifs is 5. The van der Waals surface area contributed by atoms with E-state index in [2.05, 4.69) is 20.5 Å². The fourth-order valence-electron chi connectivity index (χ4n) is 7.77. The third-order valence-corrected chi connectivity index (χ3v) is 11.2. The number of carbonyl (C=O) groups excluding carboxylic acids is 1. The van der Waals surface area contributed by atoms with Crippen molar-refractivity contribution in [1.29, 1.82) is 0 Å². The van der Waals surface area contributed by atoms with Crippen LogP contribution in [0.2, 0.25) is 0 Å². The number of H-pyrrole nitrogens is 1. The highest BCUT2D eigenvalue weighted by Crippen LogP contribution is 2.52. The molecule has 4 aromatic heterocycles. The van der Waals surface area contributed by atoms with Gasteiger partial charge < -0.3 is 19.4 Å². The van der Waals surface area contributed by atoms with Crippen LogP contribution in [0, 0.1) is 5.82 Å². The zero-order valence-corrected chi connectivity index (χ0v) is 28.0. The van der Waals surface area contributed by atoms with Crippen molar-refractivity contribution in [3.8, 4) is 27.6 Å². The van der Waals surface area contributed by atoms with E-state index in [9.17, 15) is 14.0 Å². The molecular formula is C37H29F3N6O4S. The van der Waals surface area contributed by atoms with E-state index in [0.29, 0.717) is 73.9 Å². The van der Waals surface area contributed by atoms with Crippen molar-refractivity contribution >= 4 is 33.1 Å². The second kappa shape index (κ2) is 11.8. The fraction of sp³-hybridized carbons (Fsp3) is 0.270. The number of pyridine rings is 2. The summed E-state index contributed by atoms with van der Waals surface area (Å²) in [6, 6.07) is 13.4. The number of thiophene rings is 1. The van der Waals surface area contributed by atoms with Crippen LogP contribution >= 0.6 is 11.3 Å². The van der Waals surface area contributed by atoms with Crippen molar-refractivity contribution < 1.29 is 27.1 Å². The molecule has 51 heavy (non-hydrogen) atoms. The molecule has 0 saturated carbocycles. The Kier molecular flexibility index (Phi) is 7.28. The van der Waals surface area contributed by atoms with Gasteiger partial charge in [0, 0.05) is 35.2 Å². The number of aryl methyl sites for hydroxylation is 2. The predicted octanol–water partition coefficient (Wildman–Crippen LogP) is 7.27. The first-order valence-corrected chi connectivity index (χ1v) is 17.4. The SMILES string of the molecule is COc1cccc2c1CC(F)(F)[C@@H]2Nc1nccc2cc(-c3c4c(nc(CCc5ccc(F)cc5)c3-c3n[nH]c(=O)o3)[C@@H]3CCCN3C4=O)sc12. The molecule has 2 aromatic carbocycles. The number of halogens is 3. The third kappa shape index (κ3) is 5.10. The number of rotatable bonds is 8. The van der Waals surface area contributed by atoms with Gasteiger partial charge >= 0.3 is 5.76 Å². The first-order valence-electron chi connectivity index (χ1n) is 16.6. The van der Waals surface area contributed by atoms with Crippen LogP contribution in [0.15, 0.2) is 70.0 Å². The van der Waals surface area contributed by atoms with Crippen LogP contribution < -0.4 is 15.8 Å². The van der Waals surface area contributed by atoms with Gasteiger partial charge in [-0.2, -0.15) is 0 Å². The maximum atomic E-state index is 15.6. The standard InChI is InChI=1S/C37H29F3N6O4S/c1-49-25-6-2-4-21-22(25)17-37(39,40)32(21)43-33-31-19(13-14-41-33)16-26(51-31)28-27(34-44-45-36(48)50-34)23(12-9-18-7-10-20(38)11-8-18)42-30-24-5-3-15-46(24)35(47)29(28)30/h2,4,6-8,10-11,13-14,16,24,32H,3,5,9,12,15,17H2,1H3,(H,41,43)(H,45,48)/t24-,32+/m0/s1. The van der Waals surface area contributed by atoms with E-state index in [1.54, 1.807) is 42.6 Å². The number of hydrogen-bond donors (Lipinski definition) is 2. The summed E-state index contributed by atoms with van der Waals surface area (Å²) >= 11 is 1.29. The maximum absolute atomic E-state index is 15.6. The lowest BCUT2D eigenvalue weighted by molar-refractivity contribution is -0.00734. The van der Waals surface area contributed by atoms with Gasteiger partial charge in [-0.1, -0.05) is 24.3 Å². The monoisotopic (exact) mass is 710 g/mol. The molecule has 0 unspecified atom stereocenters. The fourth-order valence-corrected chi connectivity index (χ4v) is 8.93. The van der Waals surface area contributed by atoms with Crippen molar-refractivity contribution in [3.05, 3.63) is 111 Å². The van der Waals surface area contributed by atoms with E-state index in [-0.39, 0.29) is 29.5 Å². The van der Waals surface area contributed by atoms with E-state index in [1.165, 1.54) is 30.6 Å². The summed E-state index contributed by atoms with van der Waals surface area (Å²) in [5.41, 5.74) is 4.28. The molecule has 1 amide bonds. The summed E-state index contributed by atoms with van der Waals surface area (Å²) < 4.78 is 56.5. The van der Waals surface area contributed by atoms with Gasteiger partial charge in [-0.05, 0) is 72.5 Å². The number of hydrogen-bond acceptors (Lipinski definition) is 9. The van der Waals surface area contributed by atoms with E-state index in [0.717, 1.165) is 23.8 Å². The van der Waals surface area contributed by atoms with E-state index in [1.807, 2.05) is 11.0 Å². The van der Waals surface area contributed by atoms with Crippen molar-refractivity contribution in [2.24, 2.45) is 0 Å². The maximum Gasteiger partial charge on any atom is 0.434 e. The molecule has 2 N–H and O–H groups in total. The molecule has 258 valence electrons. The first-order chi connectivity index (χ1) is 24.7. The molecule has 1 aliphatic carbocycles. The summed E-state index contributed by atoms with van der Waals surface area (Å²) in [5.74, 6) is -3.75. The lowest BCUT2D eigenvalue weighted by atomic mass is 9.93. The van der Waals surface area contributed by atoms with Gasteiger partial charge in [0.15, 0.2) is 0 Å². The van der Waals surface area contributed by atoms with Crippen LogP contribution in [-0.4, -0.2) is 50.5 Å². The van der Waals surface area contributed by atoms with E-state index in [4.69, 9.17) is 14.1 Å².